The first-order valence-corrected chi connectivity index (χ1v) is 13.0. The Morgan fingerprint density at radius 2 is 1.97 bits per heavy atom. The van der Waals surface area contributed by atoms with Gasteiger partial charge in [-0.3, -0.25) is 9.78 Å². The van der Waals surface area contributed by atoms with E-state index in [1.54, 1.807) is 25.3 Å². The number of carboxylic acid groups (broad SMARTS) is 1. The molecule has 2 atom stereocenters. The van der Waals surface area contributed by atoms with Crippen LogP contribution in [0.25, 0.3) is 10.9 Å². The number of carbonyl (C=O) groups is 1. The number of fused-ring (bicyclic) bond motifs is 1. The fraction of sp³-hybridized carbons (Fsp3) is 0.407. The van der Waals surface area contributed by atoms with Crippen LogP contribution in [0.1, 0.15) is 24.8 Å². The van der Waals surface area contributed by atoms with Gasteiger partial charge < -0.3 is 14.7 Å². The monoisotopic (exact) mass is 518 g/mol. The Morgan fingerprint density at radius 1 is 1.19 bits per heavy atom. The number of nitrogens with zero attached hydrogens (tertiary/aromatic N) is 2. The first-order valence-electron chi connectivity index (χ1n) is 12.0. The second-order valence-corrected chi connectivity index (χ2v) is 10.3. The fourth-order valence-corrected chi connectivity index (χ4v) is 5.90. The SMILES string of the molecule is COc1ccc2ncc(F)c(CCCC3CCN(CCSc4cc(F)cc(F)c4)CC3C(=O)O)c2c1. The lowest BCUT2D eigenvalue weighted by atomic mass is 9.81. The summed E-state index contributed by atoms with van der Waals surface area (Å²) >= 11 is 1.35. The Labute approximate surface area is 212 Å². The van der Waals surface area contributed by atoms with E-state index in [1.807, 2.05) is 0 Å². The van der Waals surface area contributed by atoms with Crippen LogP contribution in [0, 0.1) is 29.3 Å². The van der Waals surface area contributed by atoms with Crippen LogP contribution in [0.2, 0.25) is 0 Å². The zero-order valence-corrected chi connectivity index (χ0v) is 20.9. The van der Waals surface area contributed by atoms with E-state index in [-0.39, 0.29) is 11.7 Å². The largest absolute Gasteiger partial charge is 0.497 e. The molecule has 9 heteroatoms. The van der Waals surface area contributed by atoms with Gasteiger partial charge in [0, 0.05) is 35.2 Å². The Hall–Kier alpha value is -2.78. The maximum Gasteiger partial charge on any atom is 0.308 e. The molecule has 2 unspecified atom stereocenters. The number of hydrogen-bond donors (Lipinski definition) is 1. The van der Waals surface area contributed by atoms with Gasteiger partial charge in [-0.1, -0.05) is 0 Å². The molecule has 1 aliphatic heterocycles. The predicted molar refractivity (Wildman–Crippen MR) is 134 cm³/mol. The molecule has 0 radical (unpaired) electrons. The van der Waals surface area contributed by atoms with Crippen LogP contribution in [-0.4, -0.2) is 53.5 Å². The van der Waals surface area contributed by atoms with Crippen LogP contribution in [0.3, 0.4) is 0 Å². The molecule has 1 aliphatic rings. The number of likely N-dealkylation sites (tertiary alicyclic amines) is 1. The van der Waals surface area contributed by atoms with Gasteiger partial charge >= 0.3 is 5.97 Å². The van der Waals surface area contributed by atoms with Gasteiger partial charge in [-0.15, -0.1) is 11.8 Å². The molecule has 5 nitrogen and oxygen atoms in total. The van der Waals surface area contributed by atoms with E-state index < -0.39 is 23.5 Å². The molecule has 0 spiro atoms. The van der Waals surface area contributed by atoms with Crippen molar-refractivity contribution in [1.82, 2.24) is 9.88 Å². The Kier molecular flexibility index (Phi) is 8.74. The highest BCUT2D eigenvalue weighted by Gasteiger charge is 2.33. The number of aromatic nitrogens is 1. The molecule has 3 aromatic rings. The fourth-order valence-electron chi connectivity index (χ4n) is 4.93. The van der Waals surface area contributed by atoms with Crippen molar-refractivity contribution in [3.63, 3.8) is 0 Å². The topological polar surface area (TPSA) is 62.7 Å². The predicted octanol–water partition coefficient (Wildman–Crippen LogP) is 5.80. The van der Waals surface area contributed by atoms with Gasteiger partial charge in [0.1, 0.15) is 23.2 Å². The molecule has 1 saturated heterocycles. The molecule has 0 aliphatic carbocycles. The molecule has 1 fully saturated rings. The maximum absolute atomic E-state index is 14.6. The molecule has 0 saturated carbocycles. The third-order valence-corrected chi connectivity index (χ3v) is 7.76. The third kappa shape index (κ3) is 6.50. The van der Waals surface area contributed by atoms with Crippen LogP contribution < -0.4 is 4.74 Å². The molecule has 2 aromatic carbocycles. The number of carboxylic acids is 1. The van der Waals surface area contributed by atoms with Crippen LogP contribution >= 0.6 is 11.8 Å². The van der Waals surface area contributed by atoms with Gasteiger partial charge in [-0.05, 0) is 74.0 Å². The summed E-state index contributed by atoms with van der Waals surface area (Å²) in [5.41, 5.74) is 1.27. The minimum absolute atomic E-state index is 0.00872. The van der Waals surface area contributed by atoms with Crippen LogP contribution in [0.4, 0.5) is 13.2 Å². The summed E-state index contributed by atoms with van der Waals surface area (Å²) in [6, 6.07) is 8.81. The Bertz CT molecular complexity index is 1210. The first-order chi connectivity index (χ1) is 17.3. The van der Waals surface area contributed by atoms with Crippen molar-refractivity contribution >= 4 is 28.6 Å². The summed E-state index contributed by atoms with van der Waals surface area (Å²) < 4.78 is 46.6. The molecule has 1 N–H and O–H groups in total. The van der Waals surface area contributed by atoms with Crippen molar-refractivity contribution in [2.75, 3.05) is 32.5 Å². The lowest BCUT2D eigenvalue weighted by molar-refractivity contribution is -0.146. The zero-order chi connectivity index (χ0) is 25.7. The molecule has 4 rings (SSSR count). The standard InChI is InChI=1S/C27H29F3N2O3S/c1-35-20-5-6-26-23(14-20)22(25(30)15-31-26)4-2-3-17-7-8-32(16-24(17)27(33)34)9-10-36-21-12-18(28)11-19(29)13-21/h5-6,11-15,17,24H,2-4,7-10,16H2,1H3,(H,33,34). The van der Waals surface area contributed by atoms with Crippen molar-refractivity contribution < 1.29 is 27.8 Å². The number of methoxy groups -OCH3 is 1. The van der Waals surface area contributed by atoms with Crippen LogP contribution in [0.15, 0.2) is 47.5 Å². The number of thioether (sulfide) groups is 1. The molecule has 192 valence electrons. The normalized spacial score (nSPS) is 18.4. The average molecular weight is 519 g/mol. The molecule has 0 amide bonds. The van der Waals surface area contributed by atoms with Crippen molar-refractivity contribution in [1.29, 1.82) is 0 Å². The number of aliphatic carboxylic acids is 1. The second kappa shape index (κ2) is 12.0. The van der Waals surface area contributed by atoms with E-state index in [9.17, 15) is 23.1 Å². The molecule has 0 bridgehead atoms. The van der Waals surface area contributed by atoms with Crippen LogP contribution in [-0.2, 0) is 11.2 Å². The lowest BCUT2D eigenvalue weighted by Gasteiger charge is -2.36. The average Bonchev–Trinajstić information content (AvgIpc) is 2.85. The van der Waals surface area contributed by atoms with E-state index in [1.165, 1.54) is 30.1 Å². The highest BCUT2D eigenvalue weighted by molar-refractivity contribution is 7.99. The minimum atomic E-state index is -0.824. The number of ether oxygens (including phenoxy) is 1. The summed E-state index contributed by atoms with van der Waals surface area (Å²) in [5, 5.41) is 10.6. The lowest BCUT2D eigenvalue weighted by Crippen LogP contribution is -2.44. The molecule has 1 aromatic heterocycles. The molecule has 2 heterocycles. The van der Waals surface area contributed by atoms with E-state index >= 15 is 0 Å². The number of benzene rings is 2. The van der Waals surface area contributed by atoms with E-state index in [0.717, 1.165) is 24.4 Å². The van der Waals surface area contributed by atoms with Crippen molar-refractivity contribution in [2.45, 2.75) is 30.6 Å². The quantitative estimate of drug-likeness (QED) is 0.343. The summed E-state index contributed by atoms with van der Waals surface area (Å²) in [4.78, 5) is 18.8. The summed E-state index contributed by atoms with van der Waals surface area (Å²) in [5.74, 6) is -1.66. The van der Waals surface area contributed by atoms with E-state index in [0.29, 0.717) is 59.8 Å². The number of hydrogen-bond acceptors (Lipinski definition) is 5. The highest BCUT2D eigenvalue weighted by Crippen LogP contribution is 2.31. The van der Waals surface area contributed by atoms with Gasteiger partial charge in [0.25, 0.3) is 0 Å². The number of rotatable bonds is 10. The van der Waals surface area contributed by atoms with Gasteiger partial charge in [0.15, 0.2) is 0 Å². The smallest absolute Gasteiger partial charge is 0.308 e. The Morgan fingerprint density at radius 3 is 2.69 bits per heavy atom. The number of halogens is 3. The van der Waals surface area contributed by atoms with E-state index in [4.69, 9.17) is 4.74 Å². The number of pyridine rings is 1. The van der Waals surface area contributed by atoms with E-state index in [2.05, 4.69) is 9.88 Å². The highest BCUT2D eigenvalue weighted by atomic mass is 32.2. The van der Waals surface area contributed by atoms with Crippen LogP contribution in [0.5, 0.6) is 5.75 Å². The number of piperidine rings is 1. The van der Waals surface area contributed by atoms with Gasteiger partial charge in [-0.2, -0.15) is 0 Å². The summed E-state index contributed by atoms with van der Waals surface area (Å²) in [6.07, 6.45) is 3.83. The molecular weight excluding hydrogens is 489 g/mol. The third-order valence-electron chi connectivity index (χ3n) is 6.81. The van der Waals surface area contributed by atoms with Gasteiger partial charge in [0.05, 0.1) is 24.7 Å². The molecular formula is C27H29F3N2O3S. The minimum Gasteiger partial charge on any atom is -0.497 e. The number of aryl methyl sites for hydroxylation is 1. The Balaban J connectivity index is 1.32. The van der Waals surface area contributed by atoms with Gasteiger partial charge in [-0.25, -0.2) is 13.2 Å². The first kappa shape index (κ1) is 26.3. The summed E-state index contributed by atoms with van der Waals surface area (Å²) in [7, 11) is 1.56. The second-order valence-electron chi connectivity index (χ2n) is 9.11. The summed E-state index contributed by atoms with van der Waals surface area (Å²) in [6.45, 7) is 1.83. The van der Waals surface area contributed by atoms with Crippen molar-refractivity contribution in [2.24, 2.45) is 11.8 Å². The maximum atomic E-state index is 14.6. The van der Waals surface area contributed by atoms with Gasteiger partial charge in [0.2, 0.25) is 0 Å². The molecule has 36 heavy (non-hydrogen) atoms. The van der Waals surface area contributed by atoms with Crippen molar-refractivity contribution in [3.8, 4) is 5.75 Å². The van der Waals surface area contributed by atoms with Crippen molar-refractivity contribution in [3.05, 3.63) is 65.6 Å². The zero-order valence-electron chi connectivity index (χ0n) is 20.1.